The second-order valence-corrected chi connectivity index (χ2v) is 6.35. The number of carbonyl (C=O) groups excluding carboxylic acids is 1. The van der Waals surface area contributed by atoms with E-state index in [1.165, 1.54) is 0 Å². The molecule has 0 bridgehead atoms. The van der Waals surface area contributed by atoms with Gasteiger partial charge in [-0.3, -0.25) is 9.79 Å². The van der Waals surface area contributed by atoms with Crippen LogP contribution in [-0.2, 0) is 11.3 Å². The van der Waals surface area contributed by atoms with E-state index in [0.29, 0.717) is 38.7 Å². The summed E-state index contributed by atoms with van der Waals surface area (Å²) < 4.78 is 11.3. The zero-order valence-electron chi connectivity index (χ0n) is 16.4. The summed E-state index contributed by atoms with van der Waals surface area (Å²) in [5.41, 5.74) is 1.92. The normalized spacial score (nSPS) is 12.9. The number of guanidine groups is 1. The largest absolute Gasteiger partial charge is 0.490 e. The van der Waals surface area contributed by atoms with E-state index >= 15 is 0 Å². The van der Waals surface area contributed by atoms with Crippen molar-refractivity contribution in [2.75, 3.05) is 32.1 Å². The zero-order valence-corrected chi connectivity index (χ0v) is 18.8. The molecule has 1 amide bonds. The summed E-state index contributed by atoms with van der Waals surface area (Å²) in [5, 5.41) is 9.26. The summed E-state index contributed by atoms with van der Waals surface area (Å²) in [6.07, 6.45) is 1.22. The van der Waals surface area contributed by atoms with Crippen LogP contribution < -0.4 is 25.4 Å². The third-order valence-electron chi connectivity index (χ3n) is 4.21. The van der Waals surface area contributed by atoms with E-state index in [4.69, 9.17) is 9.47 Å². The predicted molar refractivity (Wildman–Crippen MR) is 125 cm³/mol. The van der Waals surface area contributed by atoms with Crippen molar-refractivity contribution in [3.63, 3.8) is 0 Å². The Labute approximate surface area is 188 Å². The van der Waals surface area contributed by atoms with Gasteiger partial charge >= 0.3 is 0 Å². The maximum absolute atomic E-state index is 12.0. The molecule has 2 aromatic carbocycles. The number of rotatable bonds is 6. The van der Waals surface area contributed by atoms with Crippen LogP contribution in [0.1, 0.15) is 18.4 Å². The van der Waals surface area contributed by atoms with E-state index < -0.39 is 0 Å². The SMILES string of the molecule is CN=C(NCCC(=O)NCc1ccccc1)Nc1ccc2c(c1)OCCCO2.I. The fourth-order valence-corrected chi connectivity index (χ4v) is 2.74. The van der Waals surface area contributed by atoms with Gasteiger partial charge in [-0.15, -0.1) is 24.0 Å². The third kappa shape index (κ3) is 7.45. The van der Waals surface area contributed by atoms with Gasteiger partial charge in [-0.2, -0.15) is 0 Å². The molecule has 2 aromatic rings. The Bertz CT molecular complexity index is 815. The highest BCUT2D eigenvalue weighted by Gasteiger charge is 2.11. The van der Waals surface area contributed by atoms with Crippen molar-refractivity contribution in [2.45, 2.75) is 19.4 Å². The van der Waals surface area contributed by atoms with E-state index in [0.717, 1.165) is 29.2 Å². The topological polar surface area (TPSA) is 84.0 Å². The lowest BCUT2D eigenvalue weighted by molar-refractivity contribution is -0.121. The van der Waals surface area contributed by atoms with Gasteiger partial charge in [0.05, 0.1) is 13.2 Å². The highest BCUT2D eigenvalue weighted by molar-refractivity contribution is 14.0. The molecule has 0 unspecified atom stereocenters. The van der Waals surface area contributed by atoms with E-state index in [2.05, 4.69) is 20.9 Å². The molecule has 0 saturated heterocycles. The molecule has 0 radical (unpaired) electrons. The van der Waals surface area contributed by atoms with Gasteiger partial charge in [0.2, 0.25) is 5.91 Å². The van der Waals surface area contributed by atoms with Crippen LogP contribution in [-0.4, -0.2) is 38.7 Å². The van der Waals surface area contributed by atoms with Crippen LogP contribution in [0.25, 0.3) is 0 Å². The summed E-state index contributed by atoms with van der Waals surface area (Å²) >= 11 is 0. The highest BCUT2D eigenvalue weighted by Crippen LogP contribution is 2.32. The van der Waals surface area contributed by atoms with Crippen LogP contribution in [0.3, 0.4) is 0 Å². The molecule has 1 aliphatic rings. The predicted octanol–water partition coefficient (Wildman–Crippen LogP) is 3.16. The molecule has 0 atom stereocenters. The molecule has 3 N–H and O–H groups in total. The van der Waals surface area contributed by atoms with Gasteiger partial charge in [-0.25, -0.2) is 0 Å². The summed E-state index contributed by atoms with van der Waals surface area (Å²) in [4.78, 5) is 16.2. The lowest BCUT2D eigenvalue weighted by Gasteiger charge is -2.14. The minimum Gasteiger partial charge on any atom is -0.490 e. The number of carbonyl (C=O) groups is 1. The smallest absolute Gasteiger partial charge is 0.222 e. The van der Waals surface area contributed by atoms with E-state index in [9.17, 15) is 4.79 Å². The van der Waals surface area contributed by atoms with Gasteiger partial charge in [0.1, 0.15) is 0 Å². The number of ether oxygens (including phenoxy) is 2. The maximum Gasteiger partial charge on any atom is 0.222 e. The molecule has 0 saturated carbocycles. The molecule has 156 valence electrons. The molecule has 0 aromatic heterocycles. The molecule has 0 fully saturated rings. The quantitative estimate of drug-likeness (QED) is 0.316. The Hall–Kier alpha value is -2.49. The lowest BCUT2D eigenvalue weighted by atomic mass is 10.2. The number of aliphatic imine (C=N–C) groups is 1. The van der Waals surface area contributed by atoms with Gasteiger partial charge in [0, 0.05) is 44.7 Å². The Kier molecular flexibility index (Phi) is 9.55. The van der Waals surface area contributed by atoms with Crippen molar-refractivity contribution in [3.05, 3.63) is 54.1 Å². The monoisotopic (exact) mass is 510 g/mol. The van der Waals surface area contributed by atoms with E-state index in [-0.39, 0.29) is 29.9 Å². The minimum atomic E-state index is -0.0117. The second kappa shape index (κ2) is 12.2. The first-order valence-electron chi connectivity index (χ1n) is 9.42. The van der Waals surface area contributed by atoms with Gasteiger partial charge in [0.25, 0.3) is 0 Å². The summed E-state index contributed by atoms with van der Waals surface area (Å²) in [7, 11) is 1.69. The fourth-order valence-electron chi connectivity index (χ4n) is 2.74. The first-order chi connectivity index (χ1) is 13.7. The summed E-state index contributed by atoms with van der Waals surface area (Å²) in [5.74, 6) is 2.05. The Balaban J connectivity index is 0.00000300. The van der Waals surface area contributed by atoms with Crippen molar-refractivity contribution in [2.24, 2.45) is 4.99 Å². The van der Waals surface area contributed by atoms with Crippen molar-refractivity contribution in [1.82, 2.24) is 10.6 Å². The van der Waals surface area contributed by atoms with Gasteiger partial charge in [0.15, 0.2) is 17.5 Å². The van der Waals surface area contributed by atoms with Gasteiger partial charge < -0.3 is 25.4 Å². The first kappa shape index (κ1) is 22.8. The molecule has 0 spiro atoms. The Morgan fingerprint density at radius 3 is 2.55 bits per heavy atom. The number of fused-ring (bicyclic) bond motifs is 1. The van der Waals surface area contributed by atoms with Crippen molar-refractivity contribution in [1.29, 1.82) is 0 Å². The van der Waals surface area contributed by atoms with Crippen LogP contribution in [0, 0.1) is 0 Å². The van der Waals surface area contributed by atoms with Gasteiger partial charge in [-0.05, 0) is 17.7 Å². The number of hydrogen-bond acceptors (Lipinski definition) is 4. The number of hydrogen-bond donors (Lipinski definition) is 3. The maximum atomic E-state index is 12.0. The van der Waals surface area contributed by atoms with Crippen LogP contribution in [0.4, 0.5) is 5.69 Å². The average molecular weight is 510 g/mol. The standard InChI is InChI=1S/C21H26N4O3.HI/c1-22-21(23-11-10-20(26)24-15-16-6-3-2-4-7-16)25-17-8-9-18-19(14-17)28-13-5-12-27-18;/h2-4,6-9,14H,5,10-13,15H2,1H3,(H,24,26)(H2,22,23,25);1H. The minimum absolute atomic E-state index is 0. The third-order valence-corrected chi connectivity index (χ3v) is 4.21. The van der Waals surface area contributed by atoms with E-state index in [1.807, 2.05) is 48.5 Å². The van der Waals surface area contributed by atoms with Gasteiger partial charge in [-0.1, -0.05) is 30.3 Å². The zero-order chi connectivity index (χ0) is 19.6. The number of benzene rings is 2. The molecular formula is C21H27IN4O3. The average Bonchev–Trinajstić information content (AvgIpc) is 2.97. The van der Waals surface area contributed by atoms with Crippen molar-refractivity contribution in [3.8, 4) is 11.5 Å². The first-order valence-corrected chi connectivity index (χ1v) is 9.42. The summed E-state index contributed by atoms with van der Waals surface area (Å²) in [6, 6.07) is 15.5. The highest BCUT2D eigenvalue weighted by atomic mass is 127. The molecule has 3 rings (SSSR count). The summed E-state index contributed by atoms with van der Waals surface area (Å²) in [6.45, 7) is 2.31. The number of nitrogens with one attached hydrogen (secondary N) is 3. The molecular weight excluding hydrogens is 483 g/mol. The number of nitrogens with zero attached hydrogens (tertiary/aromatic N) is 1. The molecule has 1 heterocycles. The van der Waals surface area contributed by atoms with E-state index in [1.54, 1.807) is 7.05 Å². The number of anilines is 1. The fraction of sp³-hybridized carbons (Fsp3) is 0.333. The Morgan fingerprint density at radius 2 is 1.79 bits per heavy atom. The van der Waals surface area contributed by atoms with Crippen molar-refractivity contribution < 1.29 is 14.3 Å². The number of halogens is 1. The second-order valence-electron chi connectivity index (χ2n) is 6.35. The molecule has 29 heavy (non-hydrogen) atoms. The Morgan fingerprint density at radius 1 is 1.03 bits per heavy atom. The van der Waals surface area contributed by atoms with Crippen LogP contribution in [0.15, 0.2) is 53.5 Å². The lowest BCUT2D eigenvalue weighted by Crippen LogP contribution is -2.34. The van der Waals surface area contributed by atoms with Crippen LogP contribution in [0.5, 0.6) is 11.5 Å². The molecule has 7 nitrogen and oxygen atoms in total. The van der Waals surface area contributed by atoms with Crippen LogP contribution >= 0.6 is 24.0 Å². The molecule has 1 aliphatic heterocycles. The van der Waals surface area contributed by atoms with Crippen molar-refractivity contribution >= 4 is 41.5 Å². The number of amides is 1. The van der Waals surface area contributed by atoms with Crippen LogP contribution in [0.2, 0.25) is 0 Å². The molecule has 0 aliphatic carbocycles. The molecule has 8 heteroatoms.